The fraction of sp³-hybridized carbons (Fsp3) is 0.375. The Bertz CT molecular complexity index is 1400. The fourth-order valence-corrected chi connectivity index (χ4v) is 5.86. The summed E-state index contributed by atoms with van der Waals surface area (Å²) in [5.41, 5.74) is 8.90. The number of alkyl carbamates (subject to hydrolysis) is 1. The second-order valence-corrected chi connectivity index (χ2v) is 13.1. The molecule has 240 valence electrons. The van der Waals surface area contributed by atoms with Crippen LogP contribution in [0.2, 0.25) is 0 Å². The topological polar surface area (TPSA) is 161 Å². The highest BCUT2D eigenvalue weighted by molar-refractivity contribution is 7.55. The van der Waals surface area contributed by atoms with Crippen molar-refractivity contribution in [3.63, 3.8) is 0 Å². The average Bonchev–Trinajstić information content (AvgIpc) is 2.99. The molecule has 45 heavy (non-hydrogen) atoms. The van der Waals surface area contributed by atoms with E-state index in [-0.39, 0.29) is 13.0 Å². The number of hydrogen-bond acceptors (Lipinski definition) is 8. The molecule has 13 heteroatoms. The van der Waals surface area contributed by atoms with Crippen molar-refractivity contribution in [2.75, 3.05) is 18.5 Å². The van der Waals surface area contributed by atoms with Crippen LogP contribution in [0.5, 0.6) is 11.5 Å². The summed E-state index contributed by atoms with van der Waals surface area (Å²) < 4.78 is 37.4. The highest BCUT2D eigenvalue weighted by atomic mass is 31.2. The van der Waals surface area contributed by atoms with Crippen molar-refractivity contribution in [1.29, 1.82) is 0 Å². The Morgan fingerprint density at radius 2 is 1.42 bits per heavy atom. The van der Waals surface area contributed by atoms with E-state index >= 15 is 0 Å². The van der Waals surface area contributed by atoms with Crippen LogP contribution >= 0.6 is 7.60 Å². The Kier molecular flexibility index (Phi) is 13.6. The maximum atomic E-state index is 14.6. The summed E-state index contributed by atoms with van der Waals surface area (Å²) in [5.74, 6) is -0.553. The molecule has 2 N–H and O–H groups in total. The molecular formula is C32H40N5O7P. The van der Waals surface area contributed by atoms with Crippen LogP contribution in [-0.2, 0) is 20.5 Å². The number of carbonyl (C=O) groups is 2. The predicted molar refractivity (Wildman–Crippen MR) is 173 cm³/mol. The molecular weight excluding hydrogens is 597 g/mol. The number of para-hydroxylation sites is 2. The number of nitrogens with one attached hydrogen (secondary N) is 2. The molecule has 0 aliphatic heterocycles. The van der Waals surface area contributed by atoms with Gasteiger partial charge >= 0.3 is 19.8 Å². The molecule has 3 aromatic carbocycles. The zero-order chi connectivity index (χ0) is 32.5. The number of carbonyl (C=O) groups excluding carboxylic acids is 2. The lowest BCUT2D eigenvalue weighted by Gasteiger charge is -2.28. The van der Waals surface area contributed by atoms with Crippen molar-refractivity contribution in [2.45, 2.75) is 64.3 Å². The molecule has 0 bridgehead atoms. The second kappa shape index (κ2) is 17.6. The van der Waals surface area contributed by atoms with Gasteiger partial charge in [-0.3, -0.25) is 5.32 Å². The maximum Gasteiger partial charge on any atom is 0.453 e. The van der Waals surface area contributed by atoms with Gasteiger partial charge in [0.1, 0.15) is 17.1 Å². The Morgan fingerprint density at radius 1 is 0.844 bits per heavy atom. The summed E-state index contributed by atoms with van der Waals surface area (Å²) in [4.78, 5) is 27.9. The van der Waals surface area contributed by atoms with Crippen molar-refractivity contribution in [2.24, 2.45) is 5.11 Å². The Hall–Kier alpha value is -4.66. The third-order valence-corrected chi connectivity index (χ3v) is 8.10. The van der Waals surface area contributed by atoms with Gasteiger partial charge in [-0.2, -0.15) is 0 Å². The van der Waals surface area contributed by atoms with E-state index < -0.39 is 31.2 Å². The zero-order valence-electron chi connectivity index (χ0n) is 25.8. The number of benzene rings is 3. The molecule has 2 amide bonds. The highest BCUT2D eigenvalue weighted by Crippen LogP contribution is 2.53. The summed E-state index contributed by atoms with van der Waals surface area (Å²) in [6, 6.07) is 24.0. The number of nitrogens with zero attached hydrogens (tertiary/aromatic N) is 3. The predicted octanol–water partition coefficient (Wildman–Crippen LogP) is 8.85. The molecule has 0 heterocycles. The van der Waals surface area contributed by atoms with Crippen LogP contribution in [0.25, 0.3) is 10.4 Å². The first kappa shape index (κ1) is 34.8. The van der Waals surface area contributed by atoms with Crippen LogP contribution in [0.15, 0.2) is 90.0 Å². The van der Waals surface area contributed by atoms with E-state index in [1.165, 1.54) is 0 Å². The minimum Gasteiger partial charge on any atom is -0.450 e. The van der Waals surface area contributed by atoms with Gasteiger partial charge in [-0.15, -0.1) is 0 Å². The van der Waals surface area contributed by atoms with Crippen LogP contribution in [0.3, 0.4) is 0 Å². The van der Waals surface area contributed by atoms with Crippen LogP contribution in [0.1, 0.15) is 52.0 Å². The van der Waals surface area contributed by atoms with Crippen LogP contribution in [-0.4, -0.2) is 36.7 Å². The lowest BCUT2D eigenvalue weighted by molar-refractivity contribution is 0.0635. The number of hydrogen-bond donors (Lipinski definition) is 2. The fourth-order valence-electron chi connectivity index (χ4n) is 4.04. The van der Waals surface area contributed by atoms with Crippen LogP contribution < -0.4 is 19.7 Å². The van der Waals surface area contributed by atoms with E-state index in [0.717, 1.165) is 19.3 Å². The first-order valence-corrected chi connectivity index (χ1v) is 16.3. The summed E-state index contributed by atoms with van der Waals surface area (Å²) in [7, 11) is -4.15. The van der Waals surface area contributed by atoms with Crippen LogP contribution in [0.4, 0.5) is 15.3 Å². The molecule has 0 aliphatic rings. The minimum atomic E-state index is -4.15. The lowest BCUT2D eigenvalue weighted by atomic mass is 10.1. The van der Waals surface area contributed by atoms with Crippen molar-refractivity contribution in [3.8, 4) is 11.5 Å². The Labute approximate surface area is 263 Å². The van der Waals surface area contributed by atoms with Gasteiger partial charge in [0.15, 0.2) is 5.78 Å². The molecule has 1 atom stereocenters. The van der Waals surface area contributed by atoms with Crippen molar-refractivity contribution in [3.05, 3.63) is 101 Å². The zero-order valence-corrected chi connectivity index (χ0v) is 26.7. The SMILES string of the molecule is CC(C)(C)OC(=O)Nc1ccc(CC(NC(=O)OCCCCCCN=[N+]=[N-])P(=O)(Oc2ccccc2)Oc2ccccc2)cc1. The molecule has 0 aliphatic carbocycles. The third kappa shape index (κ3) is 13.3. The van der Waals surface area contributed by atoms with Crippen molar-refractivity contribution < 1.29 is 32.7 Å². The average molecular weight is 638 g/mol. The molecule has 1 unspecified atom stereocenters. The monoisotopic (exact) mass is 637 g/mol. The smallest absolute Gasteiger partial charge is 0.450 e. The van der Waals surface area contributed by atoms with E-state index in [9.17, 15) is 14.2 Å². The molecule has 0 spiro atoms. The summed E-state index contributed by atoms with van der Waals surface area (Å²) in [5, 5.41) is 8.91. The van der Waals surface area contributed by atoms with E-state index in [4.69, 9.17) is 24.1 Å². The normalized spacial score (nSPS) is 11.8. The number of rotatable bonds is 16. The van der Waals surface area contributed by atoms with E-state index in [2.05, 4.69) is 20.7 Å². The highest BCUT2D eigenvalue weighted by Gasteiger charge is 2.41. The molecule has 3 aromatic rings. The molecule has 0 aromatic heterocycles. The summed E-state index contributed by atoms with van der Waals surface area (Å²) >= 11 is 0. The van der Waals surface area contributed by atoms with E-state index in [0.29, 0.717) is 35.7 Å². The van der Waals surface area contributed by atoms with Gasteiger partial charge in [0, 0.05) is 23.6 Å². The summed E-state index contributed by atoms with van der Waals surface area (Å²) in [6.07, 6.45) is 1.67. The van der Waals surface area contributed by atoms with Gasteiger partial charge in [0.2, 0.25) is 0 Å². The van der Waals surface area contributed by atoms with Gasteiger partial charge in [-0.25, -0.2) is 14.2 Å². The Balaban J connectivity index is 1.79. The standard InChI is InChI=1S/C32H40N5O7P/c1-32(2,3)42-31(39)35-26-20-18-25(19-21-26)24-29(36-30(38)41-23-13-5-4-12-22-34-37-33)45(40,43-27-14-8-6-9-15-27)44-28-16-10-7-11-17-28/h6-11,14-21,29H,4-5,12-13,22-24H2,1-3H3,(H,35,39)(H,36,38). The van der Waals surface area contributed by atoms with E-state index in [1.807, 2.05) is 0 Å². The van der Waals surface area contributed by atoms with Gasteiger partial charge in [-0.05, 0) is 81.1 Å². The number of azide groups is 1. The first-order chi connectivity index (χ1) is 21.6. The van der Waals surface area contributed by atoms with E-state index in [1.54, 1.807) is 106 Å². The van der Waals surface area contributed by atoms with Crippen molar-refractivity contribution >= 4 is 25.5 Å². The van der Waals surface area contributed by atoms with Gasteiger partial charge in [0.05, 0.1) is 6.61 Å². The van der Waals surface area contributed by atoms with Crippen molar-refractivity contribution in [1.82, 2.24) is 5.32 Å². The van der Waals surface area contributed by atoms with Gasteiger partial charge < -0.3 is 23.8 Å². The second-order valence-electron chi connectivity index (χ2n) is 11.0. The first-order valence-electron chi connectivity index (χ1n) is 14.7. The van der Waals surface area contributed by atoms with Crippen LogP contribution in [0, 0.1) is 0 Å². The largest absolute Gasteiger partial charge is 0.453 e. The van der Waals surface area contributed by atoms with Gasteiger partial charge in [0.25, 0.3) is 0 Å². The quantitative estimate of drug-likeness (QED) is 0.0521. The third-order valence-electron chi connectivity index (χ3n) is 6.10. The molecule has 0 saturated heterocycles. The maximum absolute atomic E-state index is 14.6. The Morgan fingerprint density at radius 3 is 1.98 bits per heavy atom. The minimum absolute atomic E-state index is 0.0537. The molecule has 0 fully saturated rings. The number of amides is 2. The number of anilines is 1. The van der Waals surface area contributed by atoms with Gasteiger partial charge in [-0.1, -0.05) is 66.5 Å². The summed E-state index contributed by atoms with van der Waals surface area (Å²) in [6.45, 7) is 5.89. The number of unbranched alkanes of at least 4 members (excludes halogenated alkanes) is 3. The molecule has 3 rings (SSSR count). The molecule has 0 saturated carbocycles. The number of ether oxygens (including phenoxy) is 2. The molecule has 12 nitrogen and oxygen atoms in total. The molecule has 0 radical (unpaired) electrons. The lowest BCUT2D eigenvalue weighted by Crippen LogP contribution is -2.39.